The van der Waals surface area contributed by atoms with E-state index in [0.29, 0.717) is 28.9 Å². The van der Waals surface area contributed by atoms with Crippen LogP contribution >= 0.6 is 0 Å². The van der Waals surface area contributed by atoms with E-state index in [4.69, 9.17) is 19.2 Å². The summed E-state index contributed by atoms with van der Waals surface area (Å²) in [5, 5.41) is 8.61. The fourth-order valence-corrected chi connectivity index (χ4v) is 4.24. The monoisotopic (exact) mass is 486 g/mol. The van der Waals surface area contributed by atoms with Crippen LogP contribution in [0.3, 0.4) is 0 Å². The Hall–Kier alpha value is -4.33. The number of ether oxygens (including phenoxy) is 3. The van der Waals surface area contributed by atoms with Crippen molar-refractivity contribution in [3.63, 3.8) is 0 Å². The number of hydrogen-bond donors (Lipinski definition) is 1. The van der Waals surface area contributed by atoms with Gasteiger partial charge in [-0.3, -0.25) is 4.79 Å². The van der Waals surface area contributed by atoms with Gasteiger partial charge in [-0.1, -0.05) is 11.6 Å². The number of nitrogens with zero attached hydrogens (tertiary/aromatic N) is 3. The second-order valence-electron chi connectivity index (χ2n) is 8.64. The summed E-state index contributed by atoms with van der Waals surface area (Å²) in [6.45, 7) is 8.06. The van der Waals surface area contributed by atoms with Gasteiger partial charge >= 0.3 is 0 Å². The molecule has 1 N–H and O–H groups in total. The number of amides is 1. The summed E-state index contributed by atoms with van der Waals surface area (Å²) in [5.41, 5.74) is 5.79. The van der Waals surface area contributed by atoms with Crippen LogP contribution in [0.5, 0.6) is 17.2 Å². The lowest BCUT2D eigenvalue weighted by molar-refractivity contribution is -0.111. The van der Waals surface area contributed by atoms with E-state index in [-0.39, 0.29) is 5.91 Å². The second-order valence-corrected chi connectivity index (χ2v) is 8.64. The number of hydrogen-bond acceptors (Lipinski definition) is 6. The lowest BCUT2D eigenvalue weighted by atomic mass is 10.0. The minimum atomic E-state index is -0.311. The summed E-state index contributed by atoms with van der Waals surface area (Å²) < 4.78 is 17.8. The van der Waals surface area contributed by atoms with E-state index in [9.17, 15) is 4.79 Å². The molecule has 4 aromatic rings. The molecule has 0 aliphatic carbocycles. The van der Waals surface area contributed by atoms with E-state index in [1.807, 2.05) is 19.1 Å². The van der Waals surface area contributed by atoms with Gasteiger partial charge in [-0.05, 0) is 74.7 Å². The summed E-state index contributed by atoms with van der Waals surface area (Å²) in [6.07, 6.45) is 3.12. The maximum atomic E-state index is 12.8. The normalized spacial score (nSPS) is 11.2. The highest BCUT2D eigenvalue weighted by Gasteiger charge is 2.15. The molecule has 2 aromatic carbocycles. The first-order chi connectivity index (χ1) is 17.2. The third kappa shape index (κ3) is 4.88. The van der Waals surface area contributed by atoms with Crippen molar-refractivity contribution in [2.24, 2.45) is 0 Å². The number of rotatable bonds is 7. The zero-order chi connectivity index (χ0) is 26.0. The summed E-state index contributed by atoms with van der Waals surface area (Å²) in [4.78, 5) is 17.7. The first-order valence-electron chi connectivity index (χ1n) is 11.5. The van der Waals surface area contributed by atoms with Crippen LogP contribution < -0.4 is 19.5 Å². The fraction of sp³-hybridized carbons (Fsp3) is 0.250. The number of nitrogens with one attached hydrogen (secondary N) is 1. The number of aryl methyl sites for hydroxylation is 4. The van der Waals surface area contributed by atoms with E-state index in [1.165, 1.54) is 11.6 Å². The van der Waals surface area contributed by atoms with Crippen molar-refractivity contribution in [1.29, 1.82) is 0 Å². The molecular weight excluding hydrogens is 456 g/mol. The van der Waals surface area contributed by atoms with E-state index in [1.54, 1.807) is 44.2 Å². The van der Waals surface area contributed by atoms with Gasteiger partial charge in [0, 0.05) is 17.5 Å². The molecule has 2 aromatic heterocycles. The number of methoxy groups -OCH3 is 3. The molecular formula is C28H30N4O4. The quantitative estimate of drug-likeness (QED) is 0.355. The Kier molecular flexibility index (Phi) is 6.96. The van der Waals surface area contributed by atoms with Crippen molar-refractivity contribution in [3.8, 4) is 23.1 Å². The zero-order valence-electron chi connectivity index (χ0n) is 21.6. The minimum absolute atomic E-state index is 0.311. The largest absolute Gasteiger partial charge is 0.493 e. The van der Waals surface area contributed by atoms with Crippen molar-refractivity contribution in [1.82, 2.24) is 14.8 Å². The first-order valence-corrected chi connectivity index (χ1v) is 11.5. The topological polar surface area (TPSA) is 87.5 Å². The molecule has 186 valence electrons. The van der Waals surface area contributed by atoms with Crippen molar-refractivity contribution in [2.75, 3.05) is 26.6 Å². The number of carbonyl (C=O) groups is 1. The number of pyridine rings is 1. The van der Waals surface area contributed by atoms with Crippen LogP contribution in [-0.2, 0) is 4.79 Å². The van der Waals surface area contributed by atoms with E-state index in [2.05, 4.69) is 43.3 Å². The van der Waals surface area contributed by atoms with Gasteiger partial charge in [-0.15, -0.1) is 0 Å². The minimum Gasteiger partial charge on any atom is -0.493 e. The predicted molar refractivity (Wildman–Crippen MR) is 142 cm³/mol. The molecule has 1 amide bonds. The van der Waals surface area contributed by atoms with Gasteiger partial charge in [0.05, 0.1) is 32.5 Å². The molecule has 8 nitrogen and oxygen atoms in total. The molecule has 0 fully saturated rings. The second kappa shape index (κ2) is 10.1. The molecule has 0 unspecified atom stereocenters. The molecule has 0 aliphatic heterocycles. The highest BCUT2D eigenvalue weighted by Crippen LogP contribution is 2.38. The predicted octanol–water partition coefficient (Wildman–Crippen LogP) is 5.33. The summed E-state index contributed by atoms with van der Waals surface area (Å²) in [7, 11) is 4.64. The molecule has 0 spiro atoms. The van der Waals surface area contributed by atoms with Gasteiger partial charge in [-0.2, -0.15) is 9.78 Å². The van der Waals surface area contributed by atoms with Crippen molar-refractivity contribution in [3.05, 3.63) is 70.4 Å². The Balaban J connectivity index is 1.64. The van der Waals surface area contributed by atoms with Crippen LogP contribution in [0.1, 0.15) is 27.9 Å². The number of aromatic nitrogens is 3. The summed E-state index contributed by atoms with van der Waals surface area (Å²) in [6, 6.07) is 11.6. The van der Waals surface area contributed by atoms with Gasteiger partial charge < -0.3 is 19.5 Å². The highest BCUT2D eigenvalue weighted by molar-refractivity contribution is 6.01. The van der Waals surface area contributed by atoms with Gasteiger partial charge in [-0.25, -0.2) is 4.98 Å². The van der Waals surface area contributed by atoms with E-state index in [0.717, 1.165) is 33.3 Å². The van der Waals surface area contributed by atoms with Crippen LogP contribution in [0.2, 0.25) is 0 Å². The Morgan fingerprint density at radius 2 is 1.58 bits per heavy atom. The van der Waals surface area contributed by atoms with E-state index >= 15 is 0 Å². The number of fused-ring (bicyclic) bond motifs is 1. The summed E-state index contributed by atoms with van der Waals surface area (Å²) in [5.74, 6) is 2.37. The first kappa shape index (κ1) is 24.8. The van der Waals surface area contributed by atoms with Crippen LogP contribution in [0, 0.1) is 27.7 Å². The van der Waals surface area contributed by atoms with Gasteiger partial charge in [0.2, 0.25) is 11.7 Å². The van der Waals surface area contributed by atoms with E-state index < -0.39 is 0 Å². The Bertz CT molecular complexity index is 1460. The molecule has 0 saturated carbocycles. The van der Waals surface area contributed by atoms with Gasteiger partial charge in [0.15, 0.2) is 17.3 Å². The molecule has 0 atom stereocenters. The molecule has 0 aliphatic rings. The van der Waals surface area contributed by atoms with Crippen LogP contribution in [-0.4, -0.2) is 42.0 Å². The summed E-state index contributed by atoms with van der Waals surface area (Å²) >= 11 is 0. The average molecular weight is 487 g/mol. The molecule has 8 heteroatoms. The van der Waals surface area contributed by atoms with Crippen molar-refractivity contribution in [2.45, 2.75) is 27.7 Å². The number of anilines is 1. The lowest BCUT2D eigenvalue weighted by Gasteiger charge is -2.13. The molecule has 0 saturated heterocycles. The lowest BCUT2D eigenvalue weighted by Crippen LogP contribution is -2.13. The Labute approximate surface area is 210 Å². The Morgan fingerprint density at radius 3 is 2.22 bits per heavy atom. The fourth-order valence-electron chi connectivity index (χ4n) is 4.24. The number of carbonyl (C=O) groups excluding carboxylic acids is 1. The van der Waals surface area contributed by atoms with Gasteiger partial charge in [0.1, 0.15) is 5.82 Å². The Morgan fingerprint density at radius 1 is 0.889 bits per heavy atom. The van der Waals surface area contributed by atoms with Crippen molar-refractivity contribution >= 4 is 28.7 Å². The average Bonchev–Trinajstić information content (AvgIpc) is 3.22. The smallest absolute Gasteiger partial charge is 0.249 e. The van der Waals surface area contributed by atoms with Crippen LogP contribution in [0.4, 0.5) is 5.82 Å². The third-order valence-electron chi connectivity index (χ3n) is 5.86. The molecule has 4 rings (SSSR count). The number of benzene rings is 2. The van der Waals surface area contributed by atoms with Gasteiger partial charge in [0.25, 0.3) is 0 Å². The van der Waals surface area contributed by atoms with Crippen LogP contribution in [0.25, 0.3) is 22.8 Å². The standard InChI is InChI=1S/C28H30N4O4/c1-16-10-18(3)27-21(11-16)17(2)12-24(30-27)32-25(13-19(4)31-32)29-26(33)9-8-20-14-22(34-5)28(36-7)23(15-20)35-6/h8-15H,1-7H3,(H,29,33)/b9-8+. The third-order valence-corrected chi connectivity index (χ3v) is 5.86. The maximum Gasteiger partial charge on any atom is 0.249 e. The molecule has 36 heavy (non-hydrogen) atoms. The molecule has 0 radical (unpaired) electrons. The maximum absolute atomic E-state index is 12.8. The van der Waals surface area contributed by atoms with Crippen molar-refractivity contribution < 1.29 is 19.0 Å². The molecule has 2 heterocycles. The molecule has 0 bridgehead atoms. The SMILES string of the molecule is COc1cc(/C=C/C(=O)Nc2cc(C)nn2-c2cc(C)c3cc(C)cc(C)c3n2)cc(OC)c1OC. The highest BCUT2D eigenvalue weighted by atomic mass is 16.5. The zero-order valence-corrected chi connectivity index (χ0v) is 21.6. The van der Waals surface area contributed by atoms with Crippen LogP contribution in [0.15, 0.2) is 42.5 Å².